The molecule has 0 saturated heterocycles. The first-order valence-electron chi connectivity index (χ1n) is 5.64. The van der Waals surface area contributed by atoms with Crippen molar-refractivity contribution in [3.63, 3.8) is 0 Å². The molecule has 1 heterocycles. The molecule has 0 aliphatic heterocycles. The molecular weight excluding hydrogens is 299 g/mol. The van der Waals surface area contributed by atoms with Gasteiger partial charge < -0.3 is 0 Å². The molecule has 0 radical (unpaired) electrons. The standard InChI is InChI=1S/C13H12BrFN2O/c1-2-5-17-8-10(7-16-17)13(18)9-3-4-11(14)12(15)6-9/h3-4,6-8H,2,5H2,1H3. The van der Waals surface area contributed by atoms with Crippen LogP contribution in [0, 0.1) is 5.82 Å². The van der Waals surface area contributed by atoms with Crippen LogP contribution >= 0.6 is 15.9 Å². The number of hydrogen-bond acceptors (Lipinski definition) is 2. The van der Waals surface area contributed by atoms with Gasteiger partial charge in [0.2, 0.25) is 0 Å². The summed E-state index contributed by atoms with van der Waals surface area (Å²) in [4.78, 5) is 12.1. The van der Waals surface area contributed by atoms with Crippen LogP contribution < -0.4 is 0 Å². The average molecular weight is 311 g/mol. The number of nitrogens with zero attached hydrogens (tertiary/aromatic N) is 2. The Labute approximate surface area is 113 Å². The summed E-state index contributed by atoms with van der Waals surface area (Å²) in [7, 11) is 0. The number of halogens is 2. The summed E-state index contributed by atoms with van der Waals surface area (Å²) >= 11 is 3.06. The zero-order chi connectivity index (χ0) is 13.1. The van der Waals surface area contributed by atoms with Gasteiger partial charge in [-0.15, -0.1) is 0 Å². The lowest BCUT2D eigenvalue weighted by Gasteiger charge is -2.00. The minimum absolute atomic E-state index is 0.219. The Kier molecular flexibility index (Phi) is 3.91. The van der Waals surface area contributed by atoms with E-state index in [0.717, 1.165) is 13.0 Å². The van der Waals surface area contributed by atoms with Crippen LogP contribution in [-0.4, -0.2) is 15.6 Å². The molecule has 94 valence electrons. The van der Waals surface area contributed by atoms with Crippen molar-refractivity contribution in [3.05, 3.63) is 52.0 Å². The van der Waals surface area contributed by atoms with Crippen LogP contribution in [-0.2, 0) is 6.54 Å². The van der Waals surface area contributed by atoms with Crippen LogP contribution in [0.4, 0.5) is 4.39 Å². The highest BCUT2D eigenvalue weighted by atomic mass is 79.9. The summed E-state index contributed by atoms with van der Waals surface area (Å²) in [5, 5.41) is 4.09. The second kappa shape index (κ2) is 5.44. The van der Waals surface area contributed by atoms with Crippen molar-refractivity contribution in [3.8, 4) is 0 Å². The van der Waals surface area contributed by atoms with E-state index in [2.05, 4.69) is 21.0 Å². The van der Waals surface area contributed by atoms with Gasteiger partial charge in [0.05, 0.1) is 16.2 Å². The third-order valence-corrected chi connectivity index (χ3v) is 3.17. The average Bonchev–Trinajstić information content (AvgIpc) is 2.81. The number of carbonyl (C=O) groups is 1. The van der Waals surface area contributed by atoms with Crippen molar-refractivity contribution in [2.45, 2.75) is 19.9 Å². The second-order valence-electron chi connectivity index (χ2n) is 3.95. The SMILES string of the molecule is CCCn1cc(C(=O)c2ccc(Br)c(F)c2)cn1. The van der Waals surface area contributed by atoms with Crippen molar-refractivity contribution in [1.82, 2.24) is 9.78 Å². The molecule has 0 fully saturated rings. The topological polar surface area (TPSA) is 34.9 Å². The van der Waals surface area contributed by atoms with Crippen molar-refractivity contribution in [2.75, 3.05) is 0 Å². The van der Waals surface area contributed by atoms with E-state index in [1.54, 1.807) is 16.9 Å². The highest BCUT2D eigenvalue weighted by Gasteiger charge is 2.13. The quantitative estimate of drug-likeness (QED) is 0.811. The Morgan fingerprint density at radius 2 is 2.22 bits per heavy atom. The molecule has 0 aliphatic rings. The molecule has 0 spiro atoms. The van der Waals surface area contributed by atoms with E-state index in [-0.39, 0.29) is 5.78 Å². The van der Waals surface area contributed by atoms with Crippen LogP contribution in [0.1, 0.15) is 29.3 Å². The lowest BCUT2D eigenvalue weighted by atomic mass is 10.1. The number of aromatic nitrogens is 2. The number of rotatable bonds is 4. The Morgan fingerprint density at radius 1 is 1.44 bits per heavy atom. The van der Waals surface area contributed by atoms with Gasteiger partial charge in [0.25, 0.3) is 0 Å². The Hall–Kier alpha value is -1.49. The second-order valence-corrected chi connectivity index (χ2v) is 4.80. The first-order chi connectivity index (χ1) is 8.61. The van der Waals surface area contributed by atoms with E-state index in [0.29, 0.717) is 15.6 Å². The zero-order valence-electron chi connectivity index (χ0n) is 9.86. The monoisotopic (exact) mass is 310 g/mol. The van der Waals surface area contributed by atoms with E-state index in [4.69, 9.17) is 0 Å². The van der Waals surface area contributed by atoms with Gasteiger partial charge in [0, 0.05) is 18.3 Å². The van der Waals surface area contributed by atoms with Crippen molar-refractivity contribution < 1.29 is 9.18 Å². The van der Waals surface area contributed by atoms with Gasteiger partial charge in [-0.1, -0.05) is 6.92 Å². The van der Waals surface area contributed by atoms with Gasteiger partial charge in [0.1, 0.15) is 5.82 Å². The fraction of sp³-hybridized carbons (Fsp3) is 0.231. The highest BCUT2D eigenvalue weighted by Crippen LogP contribution is 2.18. The maximum absolute atomic E-state index is 13.4. The summed E-state index contributed by atoms with van der Waals surface area (Å²) < 4.78 is 15.4. The third-order valence-electron chi connectivity index (χ3n) is 2.53. The molecule has 3 nitrogen and oxygen atoms in total. The van der Waals surface area contributed by atoms with E-state index in [9.17, 15) is 9.18 Å². The summed E-state index contributed by atoms with van der Waals surface area (Å²) in [5.41, 5.74) is 0.803. The van der Waals surface area contributed by atoms with Crippen LogP contribution in [0.5, 0.6) is 0 Å². The van der Waals surface area contributed by atoms with Gasteiger partial charge in [-0.05, 0) is 40.5 Å². The predicted molar refractivity (Wildman–Crippen MR) is 70.1 cm³/mol. The molecule has 0 N–H and O–H groups in total. The van der Waals surface area contributed by atoms with Crippen LogP contribution in [0.25, 0.3) is 0 Å². The number of benzene rings is 1. The van der Waals surface area contributed by atoms with Gasteiger partial charge in [-0.2, -0.15) is 5.10 Å². The molecule has 18 heavy (non-hydrogen) atoms. The van der Waals surface area contributed by atoms with Crippen molar-refractivity contribution in [2.24, 2.45) is 0 Å². The zero-order valence-corrected chi connectivity index (χ0v) is 11.4. The number of aryl methyl sites for hydroxylation is 1. The van der Waals surface area contributed by atoms with Crippen molar-refractivity contribution >= 4 is 21.7 Å². The fourth-order valence-corrected chi connectivity index (χ4v) is 1.88. The minimum Gasteiger partial charge on any atom is -0.288 e. The Bertz CT molecular complexity index is 580. The molecule has 5 heteroatoms. The lowest BCUT2D eigenvalue weighted by Crippen LogP contribution is -2.01. The van der Waals surface area contributed by atoms with Crippen LogP contribution in [0.2, 0.25) is 0 Å². The number of ketones is 1. The third kappa shape index (κ3) is 2.67. The summed E-state index contributed by atoms with van der Waals surface area (Å²) in [6.07, 6.45) is 4.14. The van der Waals surface area contributed by atoms with Gasteiger partial charge in [-0.25, -0.2) is 4.39 Å². The first kappa shape index (κ1) is 13.0. The molecule has 0 amide bonds. The van der Waals surface area contributed by atoms with Crippen molar-refractivity contribution in [1.29, 1.82) is 0 Å². The molecule has 2 aromatic rings. The van der Waals surface area contributed by atoms with E-state index < -0.39 is 5.82 Å². The molecule has 0 atom stereocenters. The first-order valence-corrected chi connectivity index (χ1v) is 6.43. The fourth-order valence-electron chi connectivity index (χ4n) is 1.64. The summed E-state index contributed by atoms with van der Waals surface area (Å²) in [6, 6.07) is 4.34. The lowest BCUT2D eigenvalue weighted by molar-refractivity contribution is 0.103. The molecule has 1 aromatic carbocycles. The molecule has 0 bridgehead atoms. The van der Waals surface area contributed by atoms with Crippen LogP contribution in [0.3, 0.4) is 0 Å². The van der Waals surface area contributed by atoms with E-state index in [1.807, 2.05) is 6.92 Å². The molecule has 2 rings (SSSR count). The molecule has 0 unspecified atom stereocenters. The number of carbonyl (C=O) groups excluding carboxylic acids is 1. The number of hydrogen-bond donors (Lipinski definition) is 0. The molecular formula is C13H12BrFN2O. The highest BCUT2D eigenvalue weighted by molar-refractivity contribution is 9.10. The van der Waals surface area contributed by atoms with Gasteiger partial charge in [0.15, 0.2) is 5.78 Å². The maximum atomic E-state index is 13.4. The molecule has 0 aliphatic carbocycles. The smallest absolute Gasteiger partial charge is 0.196 e. The van der Waals surface area contributed by atoms with Crippen LogP contribution in [0.15, 0.2) is 35.1 Å². The van der Waals surface area contributed by atoms with Gasteiger partial charge >= 0.3 is 0 Å². The summed E-state index contributed by atoms with van der Waals surface area (Å²) in [5.74, 6) is -0.662. The maximum Gasteiger partial charge on any atom is 0.196 e. The Morgan fingerprint density at radius 3 is 2.89 bits per heavy atom. The minimum atomic E-state index is -0.443. The molecule has 0 saturated carbocycles. The largest absolute Gasteiger partial charge is 0.288 e. The Balaban J connectivity index is 2.26. The molecule has 1 aromatic heterocycles. The predicted octanol–water partition coefficient (Wildman–Crippen LogP) is 3.43. The van der Waals surface area contributed by atoms with Gasteiger partial charge in [-0.3, -0.25) is 9.48 Å². The van der Waals surface area contributed by atoms with E-state index >= 15 is 0 Å². The summed E-state index contributed by atoms with van der Waals surface area (Å²) in [6.45, 7) is 2.80. The van der Waals surface area contributed by atoms with E-state index in [1.165, 1.54) is 18.3 Å². The normalized spacial score (nSPS) is 10.6.